The third-order valence-electron chi connectivity index (χ3n) is 7.22. The van der Waals surface area contributed by atoms with Crippen LogP contribution in [0.4, 0.5) is 28.4 Å². The fourth-order valence-electron chi connectivity index (χ4n) is 4.73. The number of nitrogen functional groups attached to an aromatic ring is 1. The van der Waals surface area contributed by atoms with Crippen LogP contribution in [0.3, 0.4) is 0 Å². The van der Waals surface area contributed by atoms with Crippen LogP contribution in [0.15, 0.2) is 119 Å². The van der Waals surface area contributed by atoms with E-state index >= 15 is 0 Å². The molecule has 0 aliphatic heterocycles. The number of rotatable bonds is 8. The molecule has 0 spiro atoms. The Morgan fingerprint density at radius 3 is 1.75 bits per heavy atom. The monoisotopic (exact) mass is 709 g/mol. The number of aromatic hydroxyl groups is 1. The van der Waals surface area contributed by atoms with Gasteiger partial charge in [0.2, 0.25) is 9.84 Å². The van der Waals surface area contributed by atoms with Crippen molar-refractivity contribution in [2.24, 2.45) is 20.5 Å². The van der Waals surface area contributed by atoms with Gasteiger partial charge in [0.05, 0.1) is 26.6 Å². The van der Waals surface area contributed by atoms with Crippen molar-refractivity contribution in [2.45, 2.75) is 40.4 Å². The molecule has 5 aromatic rings. The maximum absolute atomic E-state index is 13.6. The Balaban J connectivity index is 1.73. The fraction of sp³-hybridized carbons (Fsp3) is 0.0968. The number of nitrogens with two attached hydrogens (primary N) is 1. The molecule has 248 valence electrons. The average Bonchev–Trinajstić information content (AvgIpc) is 3.00. The molecule has 5 N–H and O–H groups in total. The van der Waals surface area contributed by atoms with Gasteiger partial charge in [0.1, 0.15) is 26.9 Å². The summed E-state index contributed by atoms with van der Waals surface area (Å²) < 4.78 is 95.6. The van der Waals surface area contributed by atoms with E-state index < -0.39 is 61.9 Å². The molecule has 14 nitrogen and oxygen atoms in total. The van der Waals surface area contributed by atoms with Gasteiger partial charge in [0, 0.05) is 0 Å². The first kappa shape index (κ1) is 34.3. The largest absolute Gasteiger partial charge is 0.505 e. The van der Waals surface area contributed by atoms with Gasteiger partial charge in [-0.25, -0.2) is 8.42 Å². The number of aryl methyl sites for hydroxylation is 3. The molecule has 0 atom stereocenters. The molecule has 5 rings (SSSR count). The van der Waals surface area contributed by atoms with Crippen LogP contribution >= 0.6 is 0 Å². The molecular weight excluding hydrogens is 683 g/mol. The highest BCUT2D eigenvalue weighted by Crippen LogP contribution is 2.47. The molecule has 0 amide bonds. The third-order valence-corrected chi connectivity index (χ3v) is 10.7. The van der Waals surface area contributed by atoms with E-state index in [1.807, 2.05) is 19.1 Å². The molecule has 17 heteroatoms. The van der Waals surface area contributed by atoms with E-state index in [1.54, 1.807) is 26.0 Å². The first-order valence-electron chi connectivity index (χ1n) is 13.8. The number of phenolic OH excluding ortho intramolecular Hbond substituents is 1. The van der Waals surface area contributed by atoms with Crippen LogP contribution < -0.4 is 5.73 Å². The summed E-state index contributed by atoms with van der Waals surface area (Å²) in [5.41, 5.74) is 7.84. The van der Waals surface area contributed by atoms with E-state index in [-0.39, 0.29) is 27.0 Å². The second-order valence-corrected chi connectivity index (χ2v) is 15.5. The Labute approximate surface area is 275 Å². The number of sulfone groups is 1. The van der Waals surface area contributed by atoms with Gasteiger partial charge in [-0.1, -0.05) is 35.4 Å². The van der Waals surface area contributed by atoms with Crippen molar-refractivity contribution in [3.63, 3.8) is 0 Å². The highest BCUT2D eigenvalue weighted by Gasteiger charge is 2.27. The standard InChI is InChI=1S/C31H27N5O9S3/c1-17-4-8-21(9-5-17)33-35-29-19(3)14-20-15-26(48(43,44)45)30(31(37)27(20)28(29)32)36-34-24-13-12-23(47(40,41)42)16-25(24)46(38,39)22-10-6-18(2)7-11-22/h4-16,37H,32H2,1-3H3,(H,40,41,42)(H,43,44,45). The number of nitrogens with zero attached hydrogens (tertiary/aromatic N) is 4. The molecule has 0 aromatic heterocycles. The van der Waals surface area contributed by atoms with Crippen LogP contribution in [-0.2, 0) is 30.1 Å². The van der Waals surface area contributed by atoms with E-state index in [9.17, 15) is 39.5 Å². The van der Waals surface area contributed by atoms with Gasteiger partial charge in [-0.05, 0) is 86.3 Å². The van der Waals surface area contributed by atoms with E-state index in [2.05, 4.69) is 20.5 Å². The van der Waals surface area contributed by atoms with Crippen molar-refractivity contribution in [3.05, 3.63) is 95.6 Å². The zero-order valence-electron chi connectivity index (χ0n) is 25.4. The van der Waals surface area contributed by atoms with Crippen molar-refractivity contribution in [1.82, 2.24) is 0 Å². The Bertz CT molecular complexity index is 2500. The molecular formula is C31H27N5O9S3. The summed E-state index contributed by atoms with van der Waals surface area (Å²) in [5, 5.41) is 27.4. The number of hydrogen-bond donors (Lipinski definition) is 4. The Hall–Kier alpha value is -5.07. The molecule has 0 saturated heterocycles. The first-order valence-corrected chi connectivity index (χ1v) is 18.1. The Morgan fingerprint density at radius 1 is 0.604 bits per heavy atom. The van der Waals surface area contributed by atoms with Crippen molar-refractivity contribution in [3.8, 4) is 5.75 Å². The topological polar surface area (TPSA) is 239 Å². The molecule has 5 aromatic carbocycles. The van der Waals surface area contributed by atoms with E-state index in [4.69, 9.17) is 5.73 Å². The summed E-state index contributed by atoms with van der Waals surface area (Å²) in [5.74, 6) is -0.842. The number of azo groups is 2. The zero-order chi connectivity index (χ0) is 35.2. The molecule has 0 aliphatic carbocycles. The minimum atomic E-state index is -5.08. The second-order valence-electron chi connectivity index (χ2n) is 10.8. The summed E-state index contributed by atoms with van der Waals surface area (Å²) in [7, 11) is -14.5. The quantitative estimate of drug-likeness (QED) is 0.0717. The minimum Gasteiger partial charge on any atom is -0.505 e. The van der Waals surface area contributed by atoms with Crippen LogP contribution in [-0.4, -0.2) is 39.5 Å². The lowest BCUT2D eigenvalue weighted by molar-refractivity contribution is 0.472. The number of anilines is 1. The van der Waals surface area contributed by atoms with E-state index in [0.29, 0.717) is 17.3 Å². The lowest BCUT2D eigenvalue weighted by atomic mass is 10.0. The van der Waals surface area contributed by atoms with Crippen LogP contribution in [0.2, 0.25) is 0 Å². The van der Waals surface area contributed by atoms with Gasteiger partial charge in [-0.15, -0.1) is 15.3 Å². The summed E-state index contributed by atoms with van der Waals surface area (Å²) in [6.07, 6.45) is 0. The second kappa shape index (κ2) is 12.5. The van der Waals surface area contributed by atoms with Gasteiger partial charge in [0.25, 0.3) is 20.2 Å². The predicted molar refractivity (Wildman–Crippen MR) is 177 cm³/mol. The highest BCUT2D eigenvalue weighted by atomic mass is 32.2. The van der Waals surface area contributed by atoms with Crippen LogP contribution in [0, 0.1) is 20.8 Å². The summed E-state index contributed by atoms with van der Waals surface area (Å²) in [6.45, 7) is 5.26. The fourth-order valence-corrected chi connectivity index (χ4v) is 7.38. The molecule has 0 radical (unpaired) electrons. The van der Waals surface area contributed by atoms with Crippen LogP contribution in [0.5, 0.6) is 5.75 Å². The third kappa shape index (κ3) is 6.80. The first-order chi connectivity index (χ1) is 22.4. The maximum atomic E-state index is 13.6. The van der Waals surface area contributed by atoms with Crippen LogP contribution in [0.25, 0.3) is 10.8 Å². The molecule has 0 bridgehead atoms. The maximum Gasteiger partial charge on any atom is 0.296 e. The Kier molecular flexibility index (Phi) is 8.93. The summed E-state index contributed by atoms with van der Waals surface area (Å²) in [4.78, 5) is -2.62. The van der Waals surface area contributed by atoms with E-state index in [0.717, 1.165) is 29.3 Å². The smallest absolute Gasteiger partial charge is 0.296 e. The molecule has 0 aliphatic rings. The molecule has 0 heterocycles. The van der Waals surface area contributed by atoms with Crippen molar-refractivity contribution < 1.29 is 39.5 Å². The van der Waals surface area contributed by atoms with Gasteiger partial charge in [0.15, 0.2) is 5.75 Å². The number of fused-ring (bicyclic) bond motifs is 1. The molecule has 0 saturated carbocycles. The Morgan fingerprint density at radius 2 is 1.17 bits per heavy atom. The van der Waals surface area contributed by atoms with Gasteiger partial charge in [-0.3, -0.25) is 9.11 Å². The number of phenols is 1. The number of hydrogen-bond acceptors (Lipinski definition) is 12. The SMILES string of the molecule is Cc1ccc(N=Nc2c(C)cc3cc(S(=O)(=O)O)c(N=Nc4ccc(S(=O)(=O)O)cc4S(=O)(=O)c4ccc(C)cc4)c(O)c3c2N)cc1. The lowest BCUT2D eigenvalue weighted by Crippen LogP contribution is -2.05. The average molecular weight is 710 g/mol. The zero-order valence-corrected chi connectivity index (χ0v) is 27.8. The van der Waals surface area contributed by atoms with Gasteiger partial charge < -0.3 is 10.8 Å². The summed E-state index contributed by atoms with van der Waals surface area (Å²) >= 11 is 0. The normalized spacial score (nSPS) is 12.8. The summed E-state index contributed by atoms with van der Waals surface area (Å²) in [6, 6.07) is 17.6. The van der Waals surface area contributed by atoms with E-state index in [1.165, 1.54) is 30.3 Å². The predicted octanol–water partition coefficient (Wildman–Crippen LogP) is 7.21. The minimum absolute atomic E-state index is 0.0866. The highest BCUT2D eigenvalue weighted by molar-refractivity contribution is 7.91. The van der Waals surface area contributed by atoms with Crippen molar-refractivity contribution in [1.29, 1.82) is 0 Å². The van der Waals surface area contributed by atoms with Crippen molar-refractivity contribution >= 4 is 69.3 Å². The molecule has 0 fully saturated rings. The van der Waals surface area contributed by atoms with Crippen molar-refractivity contribution in [2.75, 3.05) is 5.73 Å². The van der Waals surface area contributed by atoms with Gasteiger partial charge >= 0.3 is 0 Å². The molecule has 48 heavy (non-hydrogen) atoms. The van der Waals surface area contributed by atoms with Gasteiger partial charge in [-0.2, -0.15) is 21.9 Å². The molecule has 0 unspecified atom stereocenters. The lowest BCUT2D eigenvalue weighted by Gasteiger charge is -2.14. The number of benzene rings is 5. The van der Waals surface area contributed by atoms with Crippen LogP contribution in [0.1, 0.15) is 16.7 Å².